The van der Waals surface area contributed by atoms with Crippen molar-refractivity contribution < 1.29 is 0 Å². The first kappa shape index (κ1) is 30.8. The molecule has 0 heteroatoms. The Kier molecular flexibility index (Phi) is 8.82. The van der Waals surface area contributed by atoms with E-state index in [1.165, 1.54) is 66.8 Å². The maximum absolute atomic E-state index is 2.29. The van der Waals surface area contributed by atoms with Crippen molar-refractivity contribution in [3.63, 3.8) is 0 Å². The molecule has 0 saturated carbocycles. The van der Waals surface area contributed by atoms with Crippen molar-refractivity contribution in [2.75, 3.05) is 0 Å². The third-order valence-corrected chi connectivity index (χ3v) is 9.37. The van der Waals surface area contributed by atoms with Gasteiger partial charge in [-0.1, -0.05) is 218 Å². The predicted molar refractivity (Wildman–Crippen MR) is 213 cm³/mol. The lowest BCUT2D eigenvalue weighted by Crippen LogP contribution is -2.01. The first-order chi connectivity index (χ1) is 24.8. The van der Waals surface area contributed by atoms with Crippen LogP contribution in [0.15, 0.2) is 218 Å². The van der Waals surface area contributed by atoms with Crippen LogP contribution in [0, 0.1) is 0 Å². The van der Waals surface area contributed by atoms with Crippen molar-refractivity contribution in [2.45, 2.75) is 0 Å². The van der Waals surface area contributed by atoms with Crippen molar-refractivity contribution in [2.24, 2.45) is 0 Å². The molecule has 0 heterocycles. The summed E-state index contributed by atoms with van der Waals surface area (Å²) < 4.78 is 0. The van der Waals surface area contributed by atoms with Gasteiger partial charge in [-0.3, -0.25) is 0 Å². The summed E-state index contributed by atoms with van der Waals surface area (Å²) in [7, 11) is 0. The van der Waals surface area contributed by atoms with E-state index in [-0.39, 0.29) is 0 Å². The summed E-state index contributed by atoms with van der Waals surface area (Å²) in [5.41, 5.74) is 16.7. The van der Waals surface area contributed by atoms with Crippen LogP contribution in [0.3, 0.4) is 0 Å². The number of benzene rings is 8. The highest BCUT2D eigenvalue weighted by Gasteiger charge is 2.22. The predicted octanol–water partition coefficient (Wildman–Crippen LogP) is 13.4. The molecule has 8 rings (SSSR count). The van der Waals surface area contributed by atoms with E-state index >= 15 is 0 Å². The van der Waals surface area contributed by atoms with Crippen LogP contribution in [0.2, 0.25) is 0 Å². The Hall–Kier alpha value is -6.50. The fourth-order valence-electron chi connectivity index (χ4n) is 6.93. The van der Waals surface area contributed by atoms with E-state index in [9.17, 15) is 0 Å². The minimum atomic E-state index is 1.16. The summed E-state index contributed by atoms with van der Waals surface area (Å²) in [5, 5.41) is 0. The molecule has 0 N–H and O–H groups in total. The second kappa shape index (κ2) is 14.3. The summed E-state index contributed by atoms with van der Waals surface area (Å²) in [6.45, 7) is 0. The van der Waals surface area contributed by atoms with E-state index in [1.807, 2.05) is 0 Å². The number of hydrogen-bond acceptors (Lipinski definition) is 0. The van der Waals surface area contributed by atoms with Gasteiger partial charge in [-0.25, -0.2) is 0 Å². The van der Waals surface area contributed by atoms with E-state index in [0.29, 0.717) is 0 Å². The molecule has 0 amide bonds. The van der Waals surface area contributed by atoms with Gasteiger partial charge in [-0.05, 0) is 77.9 Å². The van der Waals surface area contributed by atoms with Crippen molar-refractivity contribution >= 4 is 11.1 Å². The van der Waals surface area contributed by atoms with E-state index in [2.05, 4.69) is 218 Å². The molecule has 0 unspecified atom stereocenters. The number of hydrogen-bond donors (Lipinski definition) is 0. The molecule has 0 spiro atoms. The van der Waals surface area contributed by atoms with E-state index in [0.717, 1.165) is 11.1 Å². The molecule has 0 atom stereocenters. The molecular formula is C50H36. The Morgan fingerprint density at radius 1 is 0.200 bits per heavy atom. The average molecular weight is 637 g/mol. The van der Waals surface area contributed by atoms with Crippen molar-refractivity contribution in [1.29, 1.82) is 0 Å². The molecule has 0 bridgehead atoms. The lowest BCUT2D eigenvalue weighted by Gasteiger charge is -2.23. The highest BCUT2D eigenvalue weighted by molar-refractivity contribution is 6.09. The van der Waals surface area contributed by atoms with Gasteiger partial charge < -0.3 is 0 Å². The quantitative estimate of drug-likeness (QED) is 0.146. The van der Waals surface area contributed by atoms with Crippen molar-refractivity contribution in [3.8, 4) is 44.5 Å². The molecule has 236 valence electrons. The van der Waals surface area contributed by atoms with Crippen LogP contribution in [0.1, 0.15) is 22.3 Å². The van der Waals surface area contributed by atoms with E-state index in [1.54, 1.807) is 0 Å². The smallest absolute Gasteiger partial charge is 0.00203 e. The maximum Gasteiger partial charge on any atom is -0.00203 e. The van der Waals surface area contributed by atoms with Gasteiger partial charge in [0.15, 0.2) is 0 Å². The Morgan fingerprint density at radius 2 is 0.460 bits per heavy atom. The third-order valence-electron chi connectivity index (χ3n) is 9.37. The van der Waals surface area contributed by atoms with Gasteiger partial charge in [-0.2, -0.15) is 0 Å². The zero-order chi connectivity index (χ0) is 33.5. The summed E-state index contributed by atoms with van der Waals surface area (Å²) in [6, 6.07) is 78.6. The molecule has 0 saturated heterocycles. The minimum absolute atomic E-state index is 1.16. The van der Waals surface area contributed by atoms with Crippen molar-refractivity contribution in [1.82, 2.24) is 0 Å². The first-order valence-electron chi connectivity index (χ1n) is 17.2. The van der Waals surface area contributed by atoms with Crippen LogP contribution in [-0.4, -0.2) is 0 Å². The van der Waals surface area contributed by atoms with E-state index < -0.39 is 0 Å². The van der Waals surface area contributed by atoms with Gasteiger partial charge in [0.25, 0.3) is 0 Å². The normalized spacial score (nSPS) is 11.5. The fourth-order valence-corrected chi connectivity index (χ4v) is 6.93. The maximum atomic E-state index is 2.29. The van der Waals surface area contributed by atoms with Gasteiger partial charge in [0, 0.05) is 0 Å². The van der Waals surface area contributed by atoms with Crippen LogP contribution in [0.5, 0.6) is 0 Å². The first-order valence-corrected chi connectivity index (χ1v) is 17.2. The monoisotopic (exact) mass is 636 g/mol. The molecule has 0 radical (unpaired) electrons. The SMILES string of the molecule is c1ccc(-c2ccc(/C(=C(\c3ccc(-c4ccccc4)cc3)c3ccccc3-c3ccccc3)c3ccccc3-c3ccccc3)cc2)cc1. The molecule has 0 fully saturated rings. The molecule has 8 aromatic rings. The molecular weight excluding hydrogens is 601 g/mol. The topological polar surface area (TPSA) is 0 Å². The largest absolute Gasteiger partial charge is 0.0622 e. The summed E-state index contributed by atoms with van der Waals surface area (Å²) in [4.78, 5) is 0. The van der Waals surface area contributed by atoms with Gasteiger partial charge in [0.1, 0.15) is 0 Å². The molecule has 0 nitrogen and oxygen atoms in total. The van der Waals surface area contributed by atoms with Gasteiger partial charge in [-0.15, -0.1) is 0 Å². The Balaban J connectivity index is 1.45. The van der Waals surface area contributed by atoms with Gasteiger partial charge >= 0.3 is 0 Å². The second-order valence-electron chi connectivity index (χ2n) is 12.5. The zero-order valence-electron chi connectivity index (χ0n) is 27.8. The highest BCUT2D eigenvalue weighted by Crippen LogP contribution is 2.44. The van der Waals surface area contributed by atoms with Gasteiger partial charge in [0.2, 0.25) is 0 Å². The summed E-state index contributed by atoms with van der Waals surface area (Å²) in [5.74, 6) is 0. The molecule has 0 aromatic heterocycles. The highest BCUT2D eigenvalue weighted by atomic mass is 14.2. The second-order valence-corrected chi connectivity index (χ2v) is 12.5. The van der Waals surface area contributed by atoms with Crippen LogP contribution in [-0.2, 0) is 0 Å². The van der Waals surface area contributed by atoms with Crippen LogP contribution in [0.4, 0.5) is 0 Å². The van der Waals surface area contributed by atoms with Gasteiger partial charge in [0.05, 0.1) is 0 Å². The van der Waals surface area contributed by atoms with Crippen LogP contribution in [0.25, 0.3) is 55.7 Å². The molecule has 0 aliphatic carbocycles. The van der Waals surface area contributed by atoms with Crippen LogP contribution < -0.4 is 0 Å². The zero-order valence-corrected chi connectivity index (χ0v) is 27.8. The molecule has 0 aliphatic rings. The number of rotatable bonds is 8. The molecule has 8 aromatic carbocycles. The van der Waals surface area contributed by atoms with Crippen LogP contribution >= 0.6 is 0 Å². The fraction of sp³-hybridized carbons (Fsp3) is 0. The molecule has 0 aliphatic heterocycles. The lowest BCUT2D eigenvalue weighted by molar-refractivity contribution is 1.48. The Labute approximate surface area is 295 Å². The molecule has 50 heavy (non-hydrogen) atoms. The Bertz CT molecular complexity index is 2180. The lowest BCUT2D eigenvalue weighted by atomic mass is 9.80. The minimum Gasteiger partial charge on any atom is -0.0622 e. The van der Waals surface area contributed by atoms with E-state index in [4.69, 9.17) is 0 Å². The Morgan fingerprint density at radius 3 is 0.800 bits per heavy atom. The van der Waals surface area contributed by atoms with Crippen molar-refractivity contribution in [3.05, 3.63) is 241 Å². The third kappa shape index (κ3) is 6.35. The average Bonchev–Trinajstić information content (AvgIpc) is 3.21. The standard InChI is InChI=1S/C50H36/c1-5-17-37(18-6-1)39-29-33-43(34-30-39)49(47-27-15-13-25-45(47)41-21-9-3-10-22-41)50(44-35-31-40(32-36-44)38-19-7-2-8-20-38)48-28-16-14-26-46(48)42-23-11-4-12-24-42/h1-36H/b50-49-. The summed E-state index contributed by atoms with van der Waals surface area (Å²) >= 11 is 0. The summed E-state index contributed by atoms with van der Waals surface area (Å²) in [6.07, 6.45) is 0.